The van der Waals surface area contributed by atoms with E-state index in [2.05, 4.69) is 10.3 Å². The van der Waals surface area contributed by atoms with Gasteiger partial charge in [-0.25, -0.2) is 13.8 Å². The van der Waals surface area contributed by atoms with Crippen molar-refractivity contribution < 1.29 is 31.5 Å². The van der Waals surface area contributed by atoms with Gasteiger partial charge in [0.2, 0.25) is 11.8 Å². The first-order valence-electron chi connectivity index (χ1n) is 8.12. The number of hydrogen-bond acceptors (Lipinski definition) is 3. The largest absolute Gasteiger partial charge is 0.416 e. The molecule has 1 aromatic carbocycles. The number of hydrogen-bond donors (Lipinski definition) is 1. The van der Waals surface area contributed by atoms with Crippen LogP contribution in [0.3, 0.4) is 0 Å². The lowest BCUT2D eigenvalue weighted by molar-refractivity contribution is -0.138. The predicted molar refractivity (Wildman–Crippen MR) is 88.1 cm³/mol. The van der Waals surface area contributed by atoms with Gasteiger partial charge in [0.1, 0.15) is 11.7 Å². The molecule has 10 heteroatoms. The Morgan fingerprint density at radius 2 is 1.86 bits per heavy atom. The second kappa shape index (κ2) is 7.17. The van der Waals surface area contributed by atoms with Crippen LogP contribution in [0.1, 0.15) is 17.0 Å². The average Bonchev–Trinajstić information content (AvgIpc) is 2.92. The molecule has 0 radical (unpaired) electrons. The van der Waals surface area contributed by atoms with E-state index in [1.165, 1.54) is 24.1 Å². The van der Waals surface area contributed by atoms with Crippen LogP contribution in [0, 0.1) is 17.6 Å². The molecule has 2 heterocycles. The van der Waals surface area contributed by atoms with E-state index in [9.17, 15) is 31.5 Å². The number of rotatable bonds is 3. The number of likely N-dealkylation sites (tertiary alicyclic amines) is 1. The minimum atomic E-state index is -4.51. The first kappa shape index (κ1) is 19.7. The fourth-order valence-corrected chi connectivity index (χ4v) is 3.11. The Hall–Kier alpha value is -3.04. The molecule has 2 aromatic rings. The molecule has 1 saturated heterocycles. The molecule has 1 fully saturated rings. The van der Waals surface area contributed by atoms with Crippen LogP contribution in [0.5, 0.6) is 0 Å². The van der Waals surface area contributed by atoms with Crippen molar-refractivity contribution in [3.63, 3.8) is 0 Å². The molecule has 0 spiro atoms. The van der Waals surface area contributed by atoms with Gasteiger partial charge in [0.05, 0.1) is 11.8 Å². The van der Waals surface area contributed by atoms with Gasteiger partial charge in [0.15, 0.2) is 11.6 Å². The van der Waals surface area contributed by atoms with Gasteiger partial charge in [-0.15, -0.1) is 0 Å². The molecule has 1 aliphatic rings. The standard InChI is InChI=1S/C18H14F5N3O2/c1-26-8-12(9-2-4-10(5-3-9)18(21,22)23)14(17(26)28)16(27)25-15-13(20)6-11(19)7-24-15/h2-7,12,14H,8H2,1H3,(H,24,25,27)/t12-,14+/m1/s1. The van der Waals surface area contributed by atoms with Crippen LogP contribution in [0.15, 0.2) is 36.5 Å². The van der Waals surface area contributed by atoms with E-state index in [1.807, 2.05) is 0 Å². The summed E-state index contributed by atoms with van der Waals surface area (Å²) in [5.74, 6) is -6.05. The fraction of sp³-hybridized carbons (Fsp3) is 0.278. The zero-order valence-electron chi connectivity index (χ0n) is 14.4. The van der Waals surface area contributed by atoms with Crippen LogP contribution in [0.2, 0.25) is 0 Å². The summed E-state index contributed by atoms with van der Waals surface area (Å²) in [6.45, 7) is 0.0988. The zero-order valence-corrected chi connectivity index (χ0v) is 14.4. The van der Waals surface area contributed by atoms with Crippen molar-refractivity contribution in [2.45, 2.75) is 12.1 Å². The molecule has 1 aliphatic heterocycles. The number of likely N-dealkylation sites (N-methyl/N-ethyl adjacent to an activating group) is 1. The van der Waals surface area contributed by atoms with E-state index in [0.717, 1.165) is 12.1 Å². The summed E-state index contributed by atoms with van der Waals surface area (Å²) in [5, 5.41) is 2.15. The van der Waals surface area contributed by atoms with Gasteiger partial charge in [-0.05, 0) is 17.7 Å². The third kappa shape index (κ3) is 3.80. The molecule has 0 aliphatic carbocycles. The number of pyridine rings is 1. The highest BCUT2D eigenvalue weighted by molar-refractivity contribution is 6.08. The molecule has 2 amide bonds. The highest BCUT2D eigenvalue weighted by Gasteiger charge is 2.44. The Morgan fingerprint density at radius 1 is 1.21 bits per heavy atom. The van der Waals surface area contributed by atoms with Crippen molar-refractivity contribution in [2.75, 3.05) is 18.9 Å². The molecule has 5 nitrogen and oxygen atoms in total. The van der Waals surface area contributed by atoms with Gasteiger partial charge in [-0.2, -0.15) is 13.2 Å². The van der Waals surface area contributed by atoms with Crippen LogP contribution in [-0.2, 0) is 15.8 Å². The Balaban J connectivity index is 1.87. The third-order valence-electron chi connectivity index (χ3n) is 4.51. The van der Waals surface area contributed by atoms with E-state index < -0.39 is 52.8 Å². The third-order valence-corrected chi connectivity index (χ3v) is 4.51. The second-order valence-electron chi connectivity index (χ2n) is 6.40. The minimum Gasteiger partial charge on any atom is -0.344 e. The molecular formula is C18H14F5N3O2. The first-order valence-corrected chi connectivity index (χ1v) is 8.12. The number of carbonyl (C=O) groups is 2. The van der Waals surface area contributed by atoms with Gasteiger partial charge in [-0.3, -0.25) is 9.59 Å². The lowest BCUT2D eigenvalue weighted by atomic mass is 9.87. The maximum atomic E-state index is 13.7. The molecule has 28 heavy (non-hydrogen) atoms. The number of anilines is 1. The lowest BCUT2D eigenvalue weighted by Gasteiger charge is -2.17. The molecule has 0 saturated carbocycles. The van der Waals surface area contributed by atoms with Gasteiger partial charge in [-0.1, -0.05) is 12.1 Å². The molecule has 0 bridgehead atoms. The molecule has 0 unspecified atom stereocenters. The van der Waals surface area contributed by atoms with Crippen LogP contribution in [0.25, 0.3) is 0 Å². The van der Waals surface area contributed by atoms with Crippen LogP contribution in [-0.4, -0.2) is 35.3 Å². The van der Waals surface area contributed by atoms with Gasteiger partial charge in [0.25, 0.3) is 0 Å². The number of amides is 2. The molecule has 1 N–H and O–H groups in total. The number of carbonyl (C=O) groups excluding carboxylic acids is 2. The smallest absolute Gasteiger partial charge is 0.344 e. The van der Waals surface area contributed by atoms with Crippen molar-refractivity contribution in [1.29, 1.82) is 0 Å². The van der Waals surface area contributed by atoms with E-state index >= 15 is 0 Å². The van der Waals surface area contributed by atoms with E-state index in [4.69, 9.17) is 0 Å². The monoisotopic (exact) mass is 399 g/mol. The predicted octanol–water partition coefficient (Wildman–Crippen LogP) is 3.19. The minimum absolute atomic E-state index is 0.0988. The molecule has 2 atom stereocenters. The SMILES string of the molecule is CN1C[C@H](c2ccc(C(F)(F)F)cc2)[C@@H](C(=O)Nc2ncc(F)cc2F)C1=O. The molecule has 1 aromatic heterocycles. The summed E-state index contributed by atoms with van der Waals surface area (Å²) >= 11 is 0. The number of nitrogens with zero attached hydrogens (tertiary/aromatic N) is 2. The fourth-order valence-electron chi connectivity index (χ4n) is 3.11. The lowest BCUT2D eigenvalue weighted by Crippen LogP contribution is -2.33. The summed E-state index contributed by atoms with van der Waals surface area (Å²) in [6.07, 6.45) is -3.81. The zero-order chi connectivity index (χ0) is 20.6. The molecule has 148 valence electrons. The maximum Gasteiger partial charge on any atom is 0.416 e. The highest BCUT2D eigenvalue weighted by Crippen LogP contribution is 2.36. The summed E-state index contributed by atoms with van der Waals surface area (Å²) in [7, 11) is 1.45. The molecular weight excluding hydrogens is 385 g/mol. The van der Waals surface area contributed by atoms with Gasteiger partial charge < -0.3 is 10.2 Å². The van der Waals surface area contributed by atoms with E-state index in [-0.39, 0.29) is 6.54 Å². The quantitative estimate of drug-likeness (QED) is 0.637. The first-order chi connectivity index (χ1) is 13.1. The Labute approximate surface area is 156 Å². The number of benzene rings is 1. The maximum absolute atomic E-state index is 13.7. The Kier molecular flexibility index (Phi) is 5.05. The number of halogens is 5. The molecule has 3 rings (SSSR count). The van der Waals surface area contributed by atoms with E-state index in [0.29, 0.717) is 17.8 Å². The second-order valence-corrected chi connectivity index (χ2v) is 6.40. The van der Waals surface area contributed by atoms with Crippen LogP contribution >= 0.6 is 0 Å². The van der Waals surface area contributed by atoms with Crippen LogP contribution in [0.4, 0.5) is 27.8 Å². The summed E-state index contributed by atoms with van der Waals surface area (Å²) < 4.78 is 64.9. The van der Waals surface area contributed by atoms with Crippen molar-refractivity contribution in [3.8, 4) is 0 Å². The van der Waals surface area contributed by atoms with Crippen LogP contribution < -0.4 is 5.32 Å². The Bertz CT molecular complexity index is 914. The summed E-state index contributed by atoms with van der Waals surface area (Å²) in [6, 6.07) is 4.68. The summed E-state index contributed by atoms with van der Waals surface area (Å²) in [4.78, 5) is 29.7. The van der Waals surface area contributed by atoms with Gasteiger partial charge in [0, 0.05) is 25.6 Å². The van der Waals surface area contributed by atoms with Gasteiger partial charge >= 0.3 is 6.18 Å². The van der Waals surface area contributed by atoms with E-state index in [1.54, 1.807) is 0 Å². The average molecular weight is 399 g/mol. The summed E-state index contributed by atoms with van der Waals surface area (Å²) in [5.41, 5.74) is -0.495. The van der Waals surface area contributed by atoms with Crippen molar-refractivity contribution in [3.05, 3.63) is 59.3 Å². The number of nitrogens with one attached hydrogen (secondary N) is 1. The Morgan fingerprint density at radius 3 is 2.43 bits per heavy atom. The normalized spacial score (nSPS) is 19.8. The number of alkyl halides is 3. The van der Waals surface area contributed by atoms with Crippen molar-refractivity contribution >= 4 is 17.6 Å². The van der Waals surface area contributed by atoms with Crippen molar-refractivity contribution in [1.82, 2.24) is 9.88 Å². The topological polar surface area (TPSA) is 62.3 Å². The number of aromatic nitrogens is 1. The van der Waals surface area contributed by atoms with Crippen molar-refractivity contribution in [2.24, 2.45) is 5.92 Å². The highest BCUT2D eigenvalue weighted by atomic mass is 19.4.